The molecule has 1 N–H and O–H groups in total. The molecular weight excluding hydrogens is 347 g/mol. The van der Waals surface area contributed by atoms with E-state index in [1.807, 2.05) is 37.3 Å². The third-order valence-electron chi connectivity index (χ3n) is 3.70. The van der Waals surface area contributed by atoms with Crippen molar-refractivity contribution >= 4 is 11.6 Å². The smallest absolute Gasteiger partial charge is 0.372 e. The summed E-state index contributed by atoms with van der Waals surface area (Å²) in [4.78, 5) is 7.48. The maximum atomic E-state index is 12.9. The lowest BCUT2D eigenvalue weighted by Crippen LogP contribution is -2.18. The van der Waals surface area contributed by atoms with Crippen molar-refractivity contribution in [1.82, 2.24) is 19.6 Å². The van der Waals surface area contributed by atoms with Gasteiger partial charge in [-0.1, -0.05) is 30.3 Å². The number of aryl methyl sites for hydroxylation is 1. The van der Waals surface area contributed by atoms with E-state index in [1.54, 1.807) is 13.0 Å². The van der Waals surface area contributed by atoms with Gasteiger partial charge < -0.3 is 10.1 Å². The number of anilines is 1. The highest BCUT2D eigenvalue weighted by molar-refractivity contribution is 5.45. The molecule has 26 heavy (non-hydrogen) atoms. The van der Waals surface area contributed by atoms with Gasteiger partial charge in [0.15, 0.2) is 0 Å². The van der Waals surface area contributed by atoms with Crippen LogP contribution in [0.1, 0.15) is 30.1 Å². The second kappa shape index (κ2) is 7.28. The number of alkyl halides is 3. The van der Waals surface area contributed by atoms with Crippen LogP contribution < -0.4 is 5.32 Å². The van der Waals surface area contributed by atoms with Gasteiger partial charge in [0.05, 0.1) is 6.10 Å². The lowest BCUT2D eigenvalue weighted by Gasteiger charge is -2.19. The molecule has 0 saturated heterocycles. The fourth-order valence-corrected chi connectivity index (χ4v) is 2.57. The van der Waals surface area contributed by atoms with Crippen molar-refractivity contribution < 1.29 is 17.9 Å². The van der Waals surface area contributed by atoms with Gasteiger partial charge in [0.2, 0.25) is 0 Å². The number of nitrogens with one attached hydrogen (secondary N) is 1. The molecule has 1 aromatic carbocycles. The molecule has 0 aliphatic heterocycles. The van der Waals surface area contributed by atoms with Crippen molar-refractivity contribution in [1.29, 1.82) is 0 Å². The molecule has 0 aliphatic carbocycles. The minimum atomic E-state index is -4.63. The van der Waals surface area contributed by atoms with Gasteiger partial charge in [-0.3, -0.25) is 0 Å². The van der Waals surface area contributed by atoms with Crippen LogP contribution in [-0.2, 0) is 10.9 Å². The van der Waals surface area contributed by atoms with Gasteiger partial charge >= 0.3 is 6.18 Å². The molecule has 1 unspecified atom stereocenters. The zero-order valence-electron chi connectivity index (χ0n) is 14.3. The highest BCUT2D eigenvalue weighted by Gasteiger charge is 2.36. The molecule has 6 nitrogen and oxygen atoms in total. The summed E-state index contributed by atoms with van der Waals surface area (Å²) in [5.74, 6) is -0.952. The maximum absolute atomic E-state index is 12.9. The van der Waals surface area contributed by atoms with Gasteiger partial charge in [-0.05, 0) is 19.4 Å². The van der Waals surface area contributed by atoms with Crippen LogP contribution in [0.3, 0.4) is 0 Å². The van der Waals surface area contributed by atoms with E-state index in [2.05, 4.69) is 20.4 Å². The zero-order chi connectivity index (χ0) is 18.7. The topological polar surface area (TPSA) is 64.3 Å². The molecule has 2 aromatic heterocycles. The first-order valence-corrected chi connectivity index (χ1v) is 8.10. The lowest BCUT2D eigenvalue weighted by atomic mass is 10.1. The number of benzene rings is 1. The summed E-state index contributed by atoms with van der Waals surface area (Å²) in [5.41, 5.74) is 1.51. The Bertz CT molecular complexity index is 879. The number of rotatable bonds is 6. The van der Waals surface area contributed by atoms with E-state index in [-0.39, 0.29) is 11.9 Å². The summed E-state index contributed by atoms with van der Waals surface area (Å²) in [6.07, 6.45) is -4.88. The number of fused-ring (bicyclic) bond motifs is 1. The highest BCUT2D eigenvalue weighted by Crippen LogP contribution is 2.27. The predicted octanol–water partition coefficient (Wildman–Crippen LogP) is 3.64. The van der Waals surface area contributed by atoms with E-state index in [4.69, 9.17) is 4.74 Å². The fourth-order valence-electron chi connectivity index (χ4n) is 2.57. The number of aromatic nitrogens is 4. The van der Waals surface area contributed by atoms with Gasteiger partial charge in [-0.15, -0.1) is 5.10 Å². The first-order valence-electron chi connectivity index (χ1n) is 8.10. The summed E-state index contributed by atoms with van der Waals surface area (Å²) >= 11 is 0. The molecule has 0 saturated carbocycles. The Morgan fingerprint density at radius 2 is 1.92 bits per heavy atom. The molecule has 9 heteroatoms. The second-order valence-corrected chi connectivity index (χ2v) is 5.66. The third kappa shape index (κ3) is 3.93. The Hall–Kier alpha value is -2.68. The first kappa shape index (κ1) is 18.1. The molecule has 2 heterocycles. The lowest BCUT2D eigenvalue weighted by molar-refractivity contribution is -0.144. The van der Waals surface area contributed by atoms with Crippen LogP contribution in [0.4, 0.5) is 19.0 Å². The summed E-state index contributed by atoms with van der Waals surface area (Å²) in [6, 6.07) is 11.2. The van der Waals surface area contributed by atoms with E-state index >= 15 is 0 Å². The number of hydrogen-bond donors (Lipinski definition) is 1. The molecule has 0 radical (unpaired) electrons. The summed E-state index contributed by atoms with van der Waals surface area (Å²) in [7, 11) is 0. The Morgan fingerprint density at radius 1 is 1.19 bits per heavy atom. The van der Waals surface area contributed by atoms with Crippen molar-refractivity contribution in [3.05, 3.63) is 53.5 Å². The predicted molar refractivity (Wildman–Crippen MR) is 89.8 cm³/mol. The molecule has 0 amide bonds. The fraction of sp³-hybridized carbons (Fsp3) is 0.353. The van der Waals surface area contributed by atoms with E-state index in [1.165, 1.54) is 0 Å². The minimum absolute atomic E-state index is 0.104. The number of nitrogens with zero attached hydrogens (tertiary/aromatic N) is 4. The van der Waals surface area contributed by atoms with E-state index in [0.29, 0.717) is 24.7 Å². The Balaban J connectivity index is 1.88. The number of ether oxygens (including phenoxy) is 1. The van der Waals surface area contributed by atoms with Crippen molar-refractivity contribution in [3.8, 4) is 0 Å². The van der Waals surface area contributed by atoms with Crippen molar-refractivity contribution in [3.63, 3.8) is 0 Å². The number of halogens is 3. The Labute approximate surface area is 148 Å². The van der Waals surface area contributed by atoms with Gasteiger partial charge in [-0.25, -0.2) is 4.98 Å². The molecule has 3 aromatic rings. The van der Waals surface area contributed by atoms with Crippen LogP contribution in [0.15, 0.2) is 36.4 Å². The van der Waals surface area contributed by atoms with Crippen LogP contribution in [0.2, 0.25) is 0 Å². The molecular formula is C17H18F3N5O. The Kier molecular flexibility index (Phi) is 5.08. The molecule has 0 bridgehead atoms. The van der Waals surface area contributed by atoms with Crippen molar-refractivity contribution in [2.45, 2.75) is 26.1 Å². The molecule has 1 atom stereocenters. The van der Waals surface area contributed by atoms with Gasteiger partial charge in [0.25, 0.3) is 11.6 Å². The molecule has 138 valence electrons. The highest BCUT2D eigenvalue weighted by atomic mass is 19.4. The Morgan fingerprint density at radius 3 is 2.58 bits per heavy atom. The van der Waals surface area contributed by atoms with E-state index < -0.39 is 12.0 Å². The molecule has 0 fully saturated rings. The average Bonchev–Trinajstić information content (AvgIpc) is 3.03. The average molecular weight is 365 g/mol. The number of hydrogen-bond acceptors (Lipinski definition) is 5. The van der Waals surface area contributed by atoms with E-state index in [9.17, 15) is 13.2 Å². The minimum Gasteiger partial charge on any atom is -0.372 e. The molecule has 3 rings (SSSR count). The standard InChI is InChI=1S/C17H18F3N5O/c1-3-26-13(12-7-5-4-6-8-12)10-21-14-9-11(2)22-16-23-15(17(18,19)20)24-25(14)16/h4-9,13,21H,3,10H2,1-2H3. The molecule has 0 spiro atoms. The first-order chi connectivity index (χ1) is 12.4. The monoisotopic (exact) mass is 365 g/mol. The largest absolute Gasteiger partial charge is 0.453 e. The quantitative estimate of drug-likeness (QED) is 0.723. The summed E-state index contributed by atoms with van der Waals surface area (Å²) in [5, 5.41) is 6.64. The van der Waals surface area contributed by atoms with Gasteiger partial charge in [0, 0.05) is 24.9 Å². The van der Waals surface area contributed by atoms with E-state index in [0.717, 1.165) is 10.1 Å². The van der Waals surface area contributed by atoms with Crippen LogP contribution in [0.25, 0.3) is 5.78 Å². The summed E-state index contributed by atoms with van der Waals surface area (Å²) in [6.45, 7) is 4.44. The normalized spacial score (nSPS) is 13.1. The van der Waals surface area contributed by atoms with Crippen molar-refractivity contribution in [2.75, 3.05) is 18.5 Å². The van der Waals surface area contributed by atoms with Crippen molar-refractivity contribution in [2.24, 2.45) is 0 Å². The van der Waals surface area contributed by atoms with Crippen LogP contribution >= 0.6 is 0 Å². The summed E-state index contributed by atoms with van der Waals surface area (Å²) < 4.78 is 45.5. The van der Waals surface area contributed by atoms with Crippen LogP contribution in [-0.4, -0.2) is 32.7 Å². The van der Waals surface area contributed by atoms with Crippen LogP contribution in [0, 0.1) is 6.92 Å². The SMILES string of the molecule is CCOC(CNc1cc(C)nc2nc(C(F)(F)F)nn12)c1ccccc1. The van der Waals surface area contributed by atoms with Crippen LogP contribution in [0.5, 0.6) is 0 Å². The van der Waals surface area contributed by atoms with Gasteiger partial charge in [0.1, 0.15) is 5.82 Å². The maximum Gasteiger partial charge on any atom is 0.453 e. The third-order valence-corrected chi connectivity index (χ3v) is 3.70. The zero-order valence-corrected chi connectivity index (χ0v) is 14.3. The van der Waals surface area contributed by atoms with Gasteiger partial charge in [-0.2, -0.15) is 22.7 Å². The molecule has 0 aliphatic rings. The second-order valence-electron chi connectivity index (χ2n) is 5.66.